The summed E-state index contributed by atoms with van der Waals surface area (Å²) in [5.74, 6) is -1.60. The molecule has 11 nitrogen and oxygen atoms in total. The summed E-state index contributed by atoms with van der Waals surface area (Å²) in [6.45, 7) is 1.84. The third-order valence-corrected chi connectivity index (χ3v) is 8.66. The highest BCUT2D eigenvalue weighted by molar-refractivity contribution is 8.01. The Kier molecular flexibility index (Phi) is 7.88. The maximum atomic E-state index is 13.0. The van der Waals surface area contributed by atoms with Gasteiger partial charge in [-0.2, -0.15) is 0 Å². The molecule has 3 atom stereocenters. The number of hydrogen-bond acceptors (Lipinski definition) is 12. The van der Waals surface area contributed by atoms with Crippen LogP contribution in [0.4, 0.5) is 0 Å². The number of thioether (sulfide) groups is 2. The lowest BCUT2D eigenvalue weighted by molar-refractivity contribution is -0.151. The lowest BCUT2D eigenvalue weighted by Gasteiger charge is -2.49. The maximum Gasteiger partial charge on any atom is 0.353 e. The standard InChI is InChI=1S/C20H19N5O6S4/c1-9-23-24-19(35-9)34-8-10-7-33-17-12(16(27)25(17)13(10)18(28)29)22-15(26)14(31-20(32)30-2)11-5-3-4-6-21-11/h3-6,12,14,17H,7-8H2,1-2H3,(H,22,26)(H,28,29)/t12-,14?,17?/m0/s1. The first kappa shape index (κ1) is 25.3. The normalized spacial score (nSPS) is 19.9. The third kappa shape index (κ3) is 5.42. The molecule has 184 valence electrons. The first-order valence-corrected chi connectivity index (χ1v) is 13.3. The number of pyridine rings is 1. The van der Waals surface area contributed by atoms with Crippen LogP contribution in [0.5, 0.6) is 0 Å². The Morgan fingerprint density at radius 1 is 1.40 bits per heavy atom. The van der Waals surface area contributed by atoms with Crippen LogP contribution in [0.15, 0.2) is 40.0 Å². The summed E-state index contributed by atoms with van der Waals surface area (Å²) in [6.07, 6.45) is 0.255. The molecule has 2 aliphatic heterocycles. The Morgan fingerprint density at radius 2 is 2.20 bits per heavy atom. The van der Waals surface area contributed by atoms with E-state index in [0.29, 0.717) is 17.1 Å². The largest absolute Gasteiger partial charge is 0.477 e. The summed E-state index contributed by atoms with van der Waals surface area (Å²) in [5, 5.41) is 20.5. The zero-order valence-electron chi connectivity index (χ0n) is 18.4. The molecule has 0 bridgehead atoms. The van der Waals surface area contributed by atoms with Crippen LogP contribution in [0.3, 0.4) is 0 Å². The minimum Gasteiger partial charge on any atom is -0.477 e. The van der Waals surface area contributed by atoms with Crippen molar-refractivity contribution in [3.63, 3.8) is 0 Å². The molecule has 4 rings (SSSR count). The third-order valence-electron chi connectivity index (χ3n) is 5.00. The number of carbonyl (C=O) groups is 3. The number of methoxy groups -OCH3 is 1. The van der Waals surface area contributed by atoms with E-state index in [9.17, 15) is 19.5 Å². The summed E-state index contributed by atoms with van der Waals surface area (Å²) in [5.41, 5.74) is 0.826. The van der Waals surface area contributed by atoms with Gasteiger partial charge in [-0.3, -0.25) is 19.5 Å². The number of aromatic nitrogens is 3. The lowest BCUT2D eigenvalue weighted by Crippen LogP contribution is -2.71. The van der Waals surface area contributed by atoms with Crippen molar-refractivity contribution in [3.8, 4) is 0 Å². The number of nitrogens with zero attached hydrogens (tertiary/aromatic N) is 4. The molecule has 35 heavy (non-hydrogen) atoms. The van der Waals surface area contributed by atoms with Gasteiger partial charge >= 0.3 is 11.2 Å². The number of rotatable bonds is 8. The number of hydrogen-bond donors (Lipinski definition) is 2. The van der Waals surface area contributed by atoms with Crippen LogP contribution in [-0.4, -0.2) is 78.2 Å². The minimum atomic E-state index is -1.24. The van der Waals surface area contributed by atoms with Gasteiger partial charge in [0.05, 0.1) is 12.8 Å². The van der Waals surface area contributed by atoms with Gasteiger partial charge in [0, 0.05) is 29.9 Å². The number of aliphatic carboxylic acids is 1. The Labute approximate surface area is 217 Å². The molecule has 4 heterocycles. The monoisotopic (exact) mass is 553 g/mol. The predicted octanol–water partition coefficient (Wildman–Crippen LogP) is 1.76. The first-order valence-electron chi connectivity index (χ1n) is 10.1. The van der Waals surface area contributed by atoms with Gasteiger partial charge in [-0.15, -0.1) is 22.0 Å². The van der Waals surface area contributed by atoms with Crippen molar-refractivity contribution in [1.29, 1.82) is 0 Å². The van der Waals surface area contributed by atoms with Gasteiger partial charge in [-0.05, 0) is 24.6 Å². The van der Waals surface area contributed by atoms with Gasteiger partial charge < -0.3 is 19.9 Å². The van der Waals surface area contributed by atoms with Crippen molar-refractivity contribution in [2.75, 3.05) is 18.6 Å². The second kappa shape index (κ2) is 10.9. The second-order valence-electron chi connectivity index (χ2n) is 7.24. The van der Waals surface area contributed by atoms with Crippen molar-refractivity contribution in [2.24, 2.45) is 0 Å². The molecular weight excluding hydrogens is 535 g/mol. The van der Waals surface area contributed by atoms with Gasteiger partial charge in [0.2, 0.25) is 6.10 Å². The van der Waals surface area contributed by atoms with Crippen molar-refractivity contribution in [2.45, 2.75) is 28.8 Å². The highest BCUT2D eigenvalue weighted by Crippen LogP contribution is 2.42. The van der Waals surface area contributed by atoms with Gasteiger partial charge in [0.25, 0.3) is 11.8 Å². The second-order valence-corrected chi connectivity index (χ2v) is 11.1. The number of ether oxygens (including phenoxy) is 2. The molecule has 1 fully saturated rings. The number of aryl methyl sites for hydroxylation is 1. The number of β-lactam (4-membered cyclic amide) rings is 1. The summed E-state index contributed by atoms with van der Waals surface area (Å²) >= 11 is 9.10. The highest BCUT2D eigenvalue weighted by atomic mass is 32.2. The smallest absolute Gasteiger partial charge is 0.353 e. The number of amides is 2. The number of carboxylic acid groups (broad SMARTS) is 1. The topological polar surface area (TPSA) is 144 Å². The average Bonchev–Trinajstić information content (AvgIpc) is 3.28. The molecule has 0 spiro atoms. The summed E-state index contributed by atoms with van der Waals surface area (Å²) < 4.78 is 11.0. The highest BCUT2D eigenvalue weighted by Gasteiger charge is 2.54. The Morgan fingerprint density at radius 3 is 2.83 bits per heavy atom. The molecule has 0 radical (unpaired) electrons. The van der Waals surface area contributed by atoms with Crippen molar-refractivity contribution in [3.05, 3.63) is 46.4 Å². The van der Waals surface area contributed by atoms with E-state index in [0.717, 1.165) is 9.35 Å². The summed E-state index contributed by atoms with van der Waals surface area (Å²) in [6, 6.07) is 4.03. The minimum absolute atomic E-state index is 0.0592. The molecule has 2 N–H and O–H groups in total. The summed E-state index contributed by atoms with van der Waals surface area (Å²) in [7, 11) is 1.31. The summed E-state index contributed by atoms with van der Waals surface area (Å²) in [4.78, 5) is 43.4. The molecule has 2 amide bonds. The van der Waals surface area contributed by atoms with Crippen LogP contribution < -0.4 is 5.32 Å². The van der Waals surface area contributed by atoms with Gasteiger partial charge in [0.15, 0.2) is 4.34 Å². The van der Waals surface area contributed by atoms with E-state index in [1.54, 1.807) is 18.2 Å². The number of carboxylic acids is 1. The van der Waals surface area contributed by atoms with Crippen molar-refractivity contribution >= 4 is 70.1 Å². The maximum absolute atomic E-state index is 13.0. The quantitative estimate of drug-likeness (QED) is 0.279. The predicted molar refractivity (Wildman–Crippen MR) is 133 cm³/mol. The zero-order valence-corrected chi connectivity index (χ0v) is 21.6. The van der Waals surface area contributed by atoms with E-state index >= 15 is 0 Å². The van der Waals surface area contributed by atoms with Crippen LogP contribution in [0.2, 0.25) is 0 Å². The Hall–Kier alpha value is -2.75. The fourth-order valence-corrected chi connectivity index (χ4v) is 6.83. The van der Waals surface area contributed by atoms with Crippen molar-refractivity contribution < 1.29 is 29.0 Å². The molecule has 0 saturated carbocycles. The van der Waals surface area contributed by atoms with Crippen molar-refractivity contribution in [1.82, 2.24) is 25.4 Å². The van der Waals surface area contributed by atoms with E-state index in [1.807, 2.05) is 6.92 Å². The number of thiocarbonyl (C=S) groups is 1. The van der Waals surface area contributed by atoms with Crippen LogP contribution in [0, 0.1) is 6.92 Å². The van der Waals surface area contributed by atoms with E-state index in [2.05, 4.69) is 20.5 Å². The molecule has 2 aromatic heterocycles. The van der Waals surface area contributed by atoms with Gasteiger partial charge in [0.1, 0.15) is 22.1 Å². The van der Waals surface area contributed by atoms with Gasteiger partial charge in [-0.25, -0.2) is 4.79 Å². The number of fused-ring (bicyclic) bond motifs is 1. The SMILES string of the molecule is COC(=S)OC(C(=O)N[C@H]1C(=O)N2C(C(=O)O)=C(CSc3nnc(C)s3)CSC12)c1ccccn1. The van der Waals surface area contributed by atoms with E-state index in [-0.39, 0.29) is 16.6 Å². The molecule has 2 aliphatic rings. The number of carbonyl (C=O) groups excluding carboxylic acids is 2. The molecule has 2 unspecified atom stereocenters. The molecule has 15 heteroatoms. The first-order chi connectivity index (χ1) is 16.8. The molecule has 1 saturated heterocycles. The molecule has 0 aliphatic carbocycles. The van der Waals surface area contributed by atoms with E-state index in [1.165, 1.54) is 53.1 Å². The number of nitrogens with one attached hydrogen (secondary N) is 1. The van der Waals surface area contributed by atoms with Gasteiger partial charge in [-0.1, -0.05) is 29.2 Å². The van der Waals surface area contributed by atoms with E-state index < -0.39 is 35.3 Å². The van der Waals surface area contributed by atoms with Crippen LogP contribution in [0.25, 0.3) is 0 Å². The van der Waals surface area contributed by atoms with E-state index in [4.69, 9.17) is 21.7 Å². The molecule has 2 aromatic rings. The fraction of sp³-hybridized carbons (Fsp3) is 0.350. The Balaban J connectivity index is 1.48. The average molecular weight is 554 g/mol. The lowest BCUT2D eigenvalue weighted by atomic mass is 10.0. The van der Waals surface area contributed by atoms with Crippen LogP contribution in [-0.2, 0) is 23.9 Å². The molecule has 0 aromatic carbocycles. The van der Waals surface area contributed by atoms with Crippen LogP contribution in [0.1, 0.15) is 16.8 Å². The Bertz CT molecular complexity index is 1190. The fourth-order valence-electron chi connectivity index (χ4n) is 3.43. The molecular formula is C20H19N5O6S4. The van der Waals surface area contributed by atoms with Crippen LogP contribution >= 0.6 is 47.1 Å². The zero-order chi connectivity index (χ0) is 25.1.